The molecule has 9 heteroatoms. The van der Waals surface area contributed by atoms with Crippen LogP contribution in [0.1, 0.15) is 16.1 Å². The standard InChI is InChI=1S/C11H10N4O4S/c1-15-11(13-8(16)9(17)14-15)20-5-6-2-3-12-7(4-6)10(18)19/h2-4H,5H2,1H3,(H,14,17)(H,18,19). The molecule has 0 fully saturated rings. The van der Waals surface area contributed by atoms with Gasteiger partial charge in [-0.2, -0.15) is 4.98 Å². The van der Waals surface area contributed by atoms with Crippen LogP contribution < -0.4 is 11.1 Å². The number of aromatic carboxylic acids is 1. The lowest BCUT2D eigenvalue weighted by molar-refractivity contribution is 0.0690. The summed E-state index contributed by atoms with van der Waals surface area (Å²) in [5, 5.41) is 11.5. The van der Waals surface area contributed by atoms with Crippen molar-refractivity contribution in [1.29, 1.82) is 0 Å². The second kappa shape index (κ2) is 5.70. The molecule has 0 amide bonds. The fraction of sp³-hybridized carbons (Fsp3) is 0.182. The van der Waals surface area contributed by atoms with E-state index in [0.29, 0.717) is 10.9 Å². The van der Waals surface area contributed by atoms with Crippen molar-refractivity contribution in [1.82, 2.24) is 19.7 Å². The van der Waals surface area contributed by atoms with Crippen LogP contribution in [0.3, 0.4) is 0 Å². The third kappa shape index (κ3) is 3.12. The van der Waals surface area contributed by atoms with Gasteiger partial charge in [0.15, 0.2) is 5.16 Å². The maximum Gasteiger partial charge on any atom is 0.354 e. The molecule has 0 aliphatic carbocycles. The van der Waals surface area contributed by atoms with E-state index in [1.54, 1.807) is 13.1 Å². The molecule has 0 saturated heterocycles. The summed E-state index contributed by atoms with van der Waals surface area (Å²) in [6, 6.07) is 3.11. The minimum Gasteiger partial charge on any atom is -0.477 e. The van der Waals surface area contributed by atoms with Crippen LogP contribution in [-0.4, -0.2) is 30.8 Å². The van der Waals surface area contributed by atoms with E-state index in [4.69, 9.17) is 5.11 Å². The van der Waals surface area contributed by atoms with Crippen LogP contribution in [0.25, 0.3) is 0 Å². The third-order valence-corrected chi connectivity index (χ3v) is 3.46. The first-order chi connectivity index (χ1) is 9.47. The van der Waals surface area contributed by atoms with Crippen LogP contribution in [-0.2, 0) is 12.8 Å². The number of carboxylic acid groups (broad SMARTS) is 1. The first kappa shape index (κ1) is 14.0. The van der Waals surface area contributed by atoms with E-state index in [-0.39, 0.29) is 5.69 Å². The van der Waals surface area contributed by atoms with Crippen molar-refractivity contribution < 1.29 is 9.90 Å². The van der Waals surface area contributed by atoms with E-state index in [2.05, 4.69) is 15.1 Å². The molecule has 104 valence electrons. The number of carbonyl (C=O) groups is 1. The van der Waals surface area contributed by atoms with Crippen molar-refractivity contribution in [2.45, 2.75) is 10.9 Å². The van der Waals surface area contributed by atoms with Crippen molar-refractivity contribution in [3.8, 4) is 0 Å². The Morgan fingerprint density at radius 3 is 2.95 bits per heavy atom. The number of nitrogens with one attached hydrogen (secondary N) is 1. The first-order valence-corrected chi connectivity index (χ1v) is 6.44. The van der Waals surface area contributed by atoms with Crippen LogP contribution in [0.4, 0.5) is 0 Å². The number of H-pyrrole nitrogens is 1. The molecule has 0 aliphatic heterocycles. The van der Waals surface area contributed by atoms with Gasteiger partial charge < -0.3 is 5.11 Å². The van der Waals surface area contributed by atoms with Gasteiger partial charge in [-0.1, -0.05) is 11.8 Å². The molecule has 0 atom stereocenters. The van der Waals surface area contributed by atoms with Gasteiger partial charge in [0.05, 0.1) is 0 Å². The zero-order valence-electron chi connectivity index (χ0n) is 10.4. The molecule has 2 heterocycles. The van der Waals surface area contributed by atoms with Crippen molar-refractivity contribution in [2.24, 2.45) is 7.05 Å². The Kier molecular flexibility index (Phi) is 3.99. The van der Waals surface area contributed by atoms with Crippen LogP contribution in [0.2, 0.25) is 0 Å². The van der Waals surface area contributed by atoms with Gasteiger partial charge in [-0.25, -0.2) is 9.78 Å². The van der Waals surface area contributed by atoms with E-state index in [9.17, 15) is 14.4 Å². The number of aryl methyl sites for hydroxylation is 1. The van der Waals surface area contributed by atoms with Gasteiger partial charge in [-0.15, -0.1) is 0 Å². The van der Waals surface area contributed by atoms with E-state index >= 15 is 0 Å². The summed E-state index contributed by atoms with van der Waals surface area (Å²) < 4.78 is 1.34. The number of aromatic amines is 1. The van der Waals surface area contributed by atoms with Crippen LogP contribution >= 0.6 is 11.8 Å². The molecule has 2 aromatic heterocycles. The number of pyridine rings is 1. The Labute approximate surface area is 116 Å². The average Bonchev–Trinajstić information content (AvgIpc) is 2.41. The highest BCUT2D eigenvalue weighted by atomic mass is 32.2. The topological polar surface area (TPSA) is 118 Å². The highest BCUT2D eigenvalue weighted by molar-refractivity contribution is 7.98. The molecule has 2 aromatic rings. The highest BCUT2D eigenvalue weighted by Gasteiger charge is 2.08. The highest BCUT2D eigenvalue weighted by Crippen LogP contribution is 2.18. The zero-order chi connectivity index (χ0) is 14.7. The van der Waals surface area contributed by atoms with Crippen molar-refractivity contribution >= 4 is 17.7 Å². The summed E-state index contributed by atoms with van der Waals surface area (Å²) in [5.74, 6) is -0.707. The Morgan fingerprint density at radius 1 is 1.50 bits per heavy atom. The predicted molar refractivity (Wildman–Crippen MR) is 70.9 cm³/mol. The molecule has 2 N–H and O–H groups in total. The third-order valence-electron chi connectivity index (χ3n) is 2.36. The van der Waals surface area contributed by atoms with Crippen LogP contribution in [0, 0.1) is 0 Å². The Balaban J connectivity index is 2.19. The summed E-state index contributed by atoms with van der Waals surface area (Å²) in [6.45, 7) is 0. The second-order valence-corrected chi connectivity index (χ2v) is 4.79. The zero-order valence-corrected chi connectivity index (χ0v) is 11.2. The molecular formula is C11H10N4O4S. The largest absolute Gasteiger partial charge is 0.477 e. The Bertz CT molecular complexity index is 768. The van der Waals surface area contributed by atoms with E-state index in [0.717, 1.165) is 5.56 Å². The molecule has 2 rings (SSSR count). The quantitative estimate of drug-likeness (QED) is 0.595. The van der Waals surface area contributed by atoms with Gasteiger partial charge in [0.2, 0.25) is 0 Å². The minimum atomic E-state index is -1.11. The number of nitrogens with zero attached hydrogens (tertiary/aromatic N) is 3. The predicted octanol–water partition coefficient (Wildman–Crippen LogP) is -0.146. The lowest BCUT2D eigenvalue weighted by atomic mass is 10.2. The van der Waals surface area contributed by atoms with Gasteiger partial charge in [0.25, 0.3) is 0 Å². The summed E-state index contributed by atoms with van der Waals surface area (Å²) in [5.41, 5.74) is -0.963. The average molecular weight is 294 g/mol. The normalized spacial score (nSPS) is 10.4. The van der Waals surface area contributed by atoms with E-state index in [1.807, 2.05) is 0 Å². The summed E-state index contributed by atoms with van der Waals surface area (Å²) in [7, 11) is 1.56. The van der Waals surface area contributed by atoms with Crippen molar-refractivity contribution in [3.05, 3.63) is 50.3 Å². The lowest BCUT2D eigenvalue weighted by Gasteiger charge is -2.06. The fourth-order valence-electron chi connectivity index (χ4n) is 1.42. The number of hydrogen-bond acceptors (Lipinski definition) is 6. The Hall–Kier alpha value is -2.42. The summed E-state index contributed by atoms with van der Waals surface area (Å²) in [6.07, 6.45) is 1.40. The molecule has 0 aliphatic rings. The number of thioether (sulfide) groups is 1. The molecule has 0 aromatic carbocycles. The van der Waals surface area contributed by atoms with Crippen molar-refractivity contribution in [3.63, 3.8) is 0 Å². The molecule has 20 heavy (non-hydrogen) atoms. The minimum absolute atomic E-state index is 0.0496. The number of aromatic nitrogens is 4. The number of hydrogen-bond donors (Lipinski definition) is 2. The summed E-state index contributed by atoms with van der Waals surface area (Å²) in [4.78, 5) is 40.4. The summed E-state index contributed by atoms with van der Waals surface area (Å²) >= 11 is 1.20. The monoisotopic (exact) mass is 294 g/mol. The van der Waals surface area contributed by atoms with Gasteiger partial charge in [0, 0.05) is 19.0 Å². The van der Waals surface area contributed by atoms with Gasteiger partial charge in [-0.3, -0.25) is 19.4 Å². The van der Waals surface area contributed by atoms with E-state index in [1.165, 1.54) is 28.7 Å². The second-order valence-electron chi connectivity index (χ2n) is 3.84. The van der Waals surface area contributed by atoms with Crippen molar-refractivity contribution in [2.75, 3.05) is 0 Å². The maximum atomic E-state index is 11.2. The number of rotatable bonds is 4. The molecular weight excluding hydrogens is 284 g/mol. The maximum absolute atomic E-state index is 11.2. The van der Waals surface area contributed by atoms with Crippen LogP contribution in [0.5, 0.6) is 0 Å². The smallest absolute Gasteiger partial charge is 0.354 e. The first-order valence-electron chi connectivity index (χ1n) is 5.46. The lowest BCUT2D eigenvalue weighted by Crippen LogP contribution is -2.33. The van der Waals surface area contributed by atoms with E-state index < -0.39 is 17.1 Å². The molecule has 0 saturated carbocycles. The molecule has 8 nitrogen and oxygen atoms in total. The molecule has 0 spiro atoms. The SMILES string of the molecule is Cn1[nH]c(=O)c(=O)nc1SCc1ccnc(C(=O)O)c1. The molecule has 0 unspecified atom stereocenters. The Morgan fingerprint density at radius 2 is 2.25 bits per heavy atom. The van der Waals surface area contributed by atoms with Crippen LogP contribution in [0.15, 0.2) is 33.1 Å². The number of carboxylic acids is 1. The fourth-order valence-corrected chi connectivity index (χ4v) is 2.28. The molecule has 0 bridgehead atoms. The van der Waals surface area contributed by atoms with Gasteiger partial charge in [-0.05, 0) is 17.7 Å². The van der Waals surface area contributed by atoms with Gasteiger partial charge >= 0.3 is 17.1 Å². The van der Waals surface area contributed by atoms with Gasteiger partial charge in [0.1, 0.15) is 5.69 Å². The molecule has 0 radical (unpaired) electrons.